The van der Waals surface area contributed by atoms with Crippen molar-refractivity contribution in [1.82, 2.24) is 0 Å². The molecule has 0 amide bonds. The van der Waals surface area contributed by atoms with E-state index in [9.17, 15) is 5.11 Å². The maximum Gasteiger partial charge on any atom is 0.117 e. The number of aromatic hydroxyl groups is 1. The van der Waals surface area contributed by atoms with Gasteiger partial charge in [0.05, 0.1) is 10.7 Å². The summed E-state index contributed by atoms with van der Waals surface area (Å²) in [4.78, 5) is 2.10. The van der Waals surface area contributed by atoms with Gasteiger partial charge in [-0.25, -0.2) is 0 Å². The van der Waals surface area contributed by atoms with Gasteiger partial charge >= 0.3 is 0 Å². The van der Waals surface area contributed by atoms with Gasteiger partial charge in [0.1, 0.15) is 5.75 Å². The number of phenols is 1. The Morgan fingerprint density at radius 1 is 1.31 bits per heavy atom. The normalized spacial score (nSPS) is 10.1. The SMILES string of the molecule is CCN(CC)c1cc(O)ccc1Cl. The monoisotopic (exact) mass is 199 g/mol. The predicted molar refractivity (Wildman–Crippen MR) is 56.7 cm³/mol. The van der Waals surface area contributed by atoms with Gasteiger partial charge in [0.15, 0.2) is 0 Å². The standard InChI is InChI=1S/C10H14ClNO/c1-3-12(4-2)10-7-8(13)5-6-9(10)11/h5-7,13H,3-4H2,1-2H3. The molecule has 0 heterocycles. The molecule has 3 heteroatoms. The molecular weight excluding hydrogens is 186 g/mol. The summed E-state index contributed by atoms with van der Waals surface area (Å²) in [6.45, 7) is 5.90. The van der Waals surface area contributed by atoms with Crippen molar-refractivity contribution in [2.75, 3.05) is 18.0 Å². The second kappa shape index (κ2) is 4.38. The lowest BCUT2D eigenvalue weighted by Gasteiger charge is -2.22. The van der Waals surface area contributed by atoms with Gasteiger partial charge in [0, 0.05) is 19.2 Å². The highest BCUT2D eigenvalue weighted by molar-refractivity contribution is 6.33. The van der Waals surface area contributed by atoms with Crippen LogP contribution in [0.2, 0.25) is 5.02 Å². The van der Waals surface area contributed by atoms with E-state index in [2.05, 4.69) is 18.7 Å². The van der Waals surface area contributed by atoms with Gasteiger partial charge in [-0.15, -0.1) is 0 Å². The van der Waals surface area contributed by atoms with Crippen LogP contribution in [-0.4, -0.2) is 18.2 Å². The van der Waals surface area contributed by atoms with E-state index in [4.69, 9.17) is 11.6 Å². The maximum atomic E-state index is 9.29. The smallest absolute Gasteiger partial charge is 0.117 e. The van der Waals surface area contributed by atoms with Gasteiger partial charge in [-0.05, 0) is 26.0 Å². The Kier molecular flexibility index (Phi) is 3.43. The van der Waals surface area contributed by atoms with Crippen molar-refractivity contribution in [1.29, 1.82) is 0 Å². The molecule has 0 unspecified atom stereocenters. The van der Waals surface area contributed by atoms with Crippen molar-refractivity contribution in [3.63, 3.8) is 0 Å². The Labute approximate surface area is 83.7 Å². The van der Waals surface area contributed by atoms with E-state index in [1.165, 1.54) is 0 Å². The van der Waals surface area contributed by atoms with Crippen molar-refractivity contribution in [3.05, 3.63) is 23.2 Å². The zero-order valence-corrected chi connectivity index (χ0v) is 8.67. The largest absolute Gasteiger partial charge is 0.508 e. The van der Waals surface area contributed by atoms with Crippen molar-refractivity contribution >= 4 is 17.3 Å². The molecule has 1 aromatic rings. The molecule has 1 N–H and O–H groups in total. The van der Waals surface area contributed by atoms with Gasteiger partial charge in [-0.1, -0.05) is 11.6 Å². The number of benzene rings is 1. The molecule has 0 aromatic heterocycles. The molecule has 0 fully saturated rings. The van der Waals surface area contributed by atoms with Crippen LogP contribution in [0.25, 0.3) is 0 Å². The minimum Gasteiger partial charge on any atom is -0.508 e. The van der Waals surface area contributed by atoms with Crippen LogP contribution in [0.4, 0.5) is 5.69 Å². The van der Waals surface area contributed by atoms with E-state index >= 15 is 0 Å². The first-order valence-corrected chi connectivity index (χ1v) is 4.80. The van der Waals surface area contributed by atoms with Gasteiger partial charge < -0.3 is 10.0 Å². The number of nitrogens with zero attached hydrogens (tertiary/aromatic N) is 1. The lowest BCUT2D eigenvalue weighted by molar-refractivity contribution is 0.475. The summed E-state index contributed by atoms with van der Waals surface area (Å²) >= 11 is 6.00. The first-order valence-electron chi connectivity index (χ1n) is 4.42. The van der Waals surface area contributed by atoms with E-state index in [1.807, 2.05) is 0 Å². The summed E-state index contributed by atoms with van der Waals surface area (Å²) in [5.74, 6) is 0.256. The summed E-state index contributed by atoms with van der Waals surface area (Å²) in [5.41, 5.74) is 0.895. The summed E-state index contributed by atoms with van der Waals surface area (Å²) < 4.78 is 0. The maximum absolute atomic E-state index is 9.29. The summed E-state index contributed by atoms with van der Waals surface area (Å²) in [6.07, 6.45) is 0. The van der Waals surface area contributed by atoms with E-state index in [1.54, 1.807) is 18.2 Å². The van der Waals surface area contributed by atoms with Crippen LogP contribution in [0.3, 0.4) is 0 Å². The third-order valence-electron chi connectivity index (χ3n) is 2.03. The van der Waals surface area contributed by atoms with Crippen LogP contribution in [0, 0.1) is 0 Å². The van der Waals surface area contributed by atoms with Crippen LogP contribution in [0.5, 0.6) is 5.75 Å². The van der Waals surface area contributed by atoms with Crippen molar-refractivity contribution in [2.45, 2.75) is 13.8 Å². The number of anilines is 1. The Morgan fingerprint density at radius 3 is 2.46 bits per heavy atom. The number of phenolic OH excluding ortho intramolecular Hbond substituents is 1. The zero-order valence-electron chi connectivity index (χ0n) is 7.92. The highest BCUT2D eigenvalue weighted by atomic mass is 35.5. The molecule has 0 aliphatic heterocycles. The Balaban J connectivity index is 3.03. The zero-order chi connectivity index (χ0) is 9.84. The van der Waals surface area contributed by atoms with Crippen molar-refractivity contribution in [2.24, 2.45) is 0 Å². The molecule has 1 rings (SSSR count). The number of halogens is 1. The number of hydrogen-bond donors (Lipinski definition) is 1. The van der Waals surface area contributed by atoms with E-state index in [-0.39, 0.29) is 5.75 Å². The van der Waals surface area contributed by atoms with Crippen LogP contribution < -0.4 is 4.90 Å². The second-order valence-corrected chi connectivity index (χ2v) is 3.22. The average Bonchev–Trinajstić information content (AvgIpc) is 2.13. The summed E-state index contributed by atoms with van der Waals surface area (Å²) in [6, 6.07) is 5.00. The fourth-order valence-electron chi connectivity index (χ4n) is 1.31. The Bertz CT molecular complexity index is 284. The molecule has 0 saturated carbocycles. The highest BCUT2D eigenvalue weighted by Gasteiger charge is 2.06. The fraction of sp³-hybridized carbons (Fsp3) is 0.400. The second-order valence-electron chi connectivity index (χ2n) is 2.81. The highest BCUT2D eigenvalue weighted by Crippen LogP contribution is 2.29. The van der Waals surface area contributed by atoms with Crippen molar-refractivity contribution < 1.29 is 5.11 Å². The molecule has 0 bridgehead atoms. The van der Waals surface area contributed by atoms with Gasteiger partial charge in [0.25, 0.3) is 0 Å². The van der Waals surface area contributed by atoms with Gasteiger partial charge in [-0.2, -0.15) is 0 Å². The third kappa shape index (κ3) is 2.28. The molecule has 0 radical (unpaired) electrons. The van der Waals surface area contributed by atoms with Crippen LogP contribution in [0.15, 0.2) is 18.2 Å². The molecular formula is C10H14ClNO. The molecule has 0 aliphatic carbocycles. The van der Waals surface area contributed by atoms with E-state index < -0.39 is 0 Å². The third-order valence-corrected chi connectivity index (χ3v) is 2.35. The topological polar surface area (TPSA) is 23.5 Å². The molecule has 0 aliphatic rings. The molecule has 0 saturated heterocycles. The van der Waals surface area contributed by atoms with Gasteiger partial charge in [0.2, 0.25) is 0 Å². The van der Waals surface area contributed by atoms with Crippen molar-refractivity contribution in [3.8, 4) is 5.75 Å². The summed E-state index contributed by atoms with van der Waals surface area (Å²) in [5, 5.41) is 9.97. The lowest BCUT2D eigenvalue weighted by Crippen LogP contribution is -2.21. The van der Waals surface area contributed by atoms with Crippen LogP contribution in [-0.2, 0) is 0 Å². The van der Waals surface area contributed by atoms with Gasteiger partial charge in [-0.3, -0.25) is 0 Å². The molecule has 0 spiro atoms. The molecule has 0 atom stereocenters. The Morgan fingerprint density at radius 2 is 1.92 bits per heavy atom. The molecule has 13 heavy (non-hydrogen) atoms. The van der Waals surface area contributed by atoms with E-state index in [0.717, 1.165) is 18.8 Å². The average molecular weight is 200 g/mol. The van der Waals surface area contributed by atoms with Crippen LogP contribution >= 0.6 is 11.6 Å². The molecule has 2 nitrogen and oxygen atoms in total. The molecule has 1 aromatic carbocycles. The lowest BCUT2D eigenvalue weighted by atomic mass is 10.2. The number of rotatable bonds is 3. The minimum absolute atomic E-state index is 0.256. The first-order chi connectivity index (χ1) is 6.19. The summed E-state index contributed by atoms with van der Waals surface area (Å²) in [7, 11) is 0. The van der Waals surface area contributed by atoms with E-state index in [0.29, 0.717) is 5.02 Å². The van der Waals surface area contributed by atoms with Crippen LogP contribution in [0.1, 0.15) is 13.8 Å². The Hall–Kier alpha value is -0.890. The molecule has 72 valence electrons. The number of hydrogen-bond acceptors (Lipinski definition) is 2. The fourth-order valence-corrected chi connectivity index (χ4v) is 1.54. The minimum atomic E-state index is 0.256. The first kappa shape index (κ1) is 10.2. The predicted octanol–water partition coefficient (Wildman–Crippen LogP) is 2.89. The quantitative estimate of drug-likeness (QED) is 0.809.